The van der Waals surface area contributed by atoms with Crippen LogP contribution in [0.3, 0.4) is 0 Å². The van der Waals surface area contributed by atoms with Gasteiger partial charge in [-0.15, -0.1) is 0 Å². The van der Waals surface area contributed by atoms with Crippen LogP contribution < -0.4 is 9.47 Å². The van der Waals surface area contributed by atoms with Gasteiger partial charge in [0.2, 0.25) is 5.82 Å². The number of pyridine rings is 1. The zero-order valence-electron chi connectivity index (χ0n) is 13.9. The van der Waals surface area contributed by atoms with Crippen molar-refractivity contribution >= 4 is 17.6 Å². The summed E-state index contributed by atoms with van der Waals surface area (Å²) in [6.07, 6.45) is 1.48. The molecule has 0 saturated carbocycles. The monoisotopic (exact) mass is 375 g/mol. The number of benzene rings is 1. The summed E-state index contributed by atoms with van der Waals surface area (Å²) in [5, 5.41) is 3.94. The summed E-state index contributed by atoms with van der Waals surface area (Å²) in [7, 11) is 3.09. The highest BCUT2D eigenvalue weighted by Gasteiger charge is 2.17. The van der Waals surface area contributed by atoms with Gasteiger partial charge in [0, 0.05) is 12.3 Å². The summed E-state index contributed by atoms with van der Waals surface area (Å²) >= 11 is 5.86. The lowest BCUT2D eigenvalue weighted by atomic mass is 10.2. The number of ether oxygens (including phenoxy) is 3. The molecule has 0 spiro atoms. The standard InChI is InChI=1S/C17H14ClN3O5/c1-23-10-5-6-11(13(8-10)24-2)16-20-14(26-21-16)9-25-17(22)12-4-3-7-19-15(12)18/h3-8H,9H2,1-2H3. The van der Waals surface area contributed by atoms with Gasteiger partial charge in [-0.05, 0) is 24.3 Å². The van der Waals surface area contributed by atoms with Crippen LogP contribution in [0.5, 0.6) is 11.5 Å². The molecule has 0 aliphatic carbocycles. The van der Waals surface area contributed by atoms with Crippen LogP contribution >= 0.6 is 11.6 Å². The maximum Gasteiger partial charge on any atom is 0.341 e. The number of aromatic nitrogens is 3. The van der Waals surface area contributed by atoms with Crippen molar-refractivity contribution in [3.05, 3.63) is 53.1 Å². The third kappa shape index (κ3) is 3.75. The van der Waals surface area contributed by atoms with Crippen LogP contribution in [-0.4, -0.2) is 35.3 Å². The van der Waals surface area contributed by atoms with Gasteiger partial charge in [0.1, 0.15) is 16.7 Å². The van der Waals surface area contributed by atoms with E-state index in [1.54, 1.807) is 31.4 Å². The second-order valence-electron chi connectivity index (χ2n) is 5.00. The van der Waals surface area contributed by atoms with Gasteiger partial charge < -0.3 is 18.7 Å². The van der Waals surface area contributed by atoms with Gasteiger partial charge >= 0.3 is 5.97 Å². The highest BCUT2D eigenvalue weighted by molar-refractivity contribution is 6.32. The van der Waals surface area contributed by atoms with E-state index in [1.807, 2.05) is 0 Å². The number of nitrogens with zero attached hydrogens (tertiary/aromatic N) is 3. The SMILES string of the molecule is COc1ccc(-c2noc(COC(=O)c3cccnc3Cl)n2)c(OC)c1. The molecule has 3 aromatic rings. The molecule has 0 aliphatic rings. The van der Waals surface area contributed by atoms with Crippen molar-refractivity contribution in [3.63, 3.8) is 0 Å². The Hall–Kier alpha value is -3.13. The Labute approximate surface area is 153 Å². The van der Waals surface area contributed by atoms with Crippen LogP contribution in [0, 0.1) is 0 Å². The summed E-state index contributed by atoms with van der Waals surface area (Å²) < 4.78 is 20.7. The van der Waals surface area contributed by atoms with E-state index < -0.39 is 5.97 Å². The Bertz CT molecular complexity index is 928. The van der Waals surface area contributed by atoms with E-state index in [-0.39, 0.29) is 23.2 Å². The van der Waals surface area contributed by atoms with Crippen LogP contribution in [0.2, 0.25) is 5.15 Å². The molecule has 8 nitrogen and oxygen atoms in total. The molecule has 1 aromatic carbocycles. The molecule has 0 saturated heterocycles. The van der Waals surface area contributed by atoms with Crippen LogP contribution in [0.1, 0.15) is 16.2 Å². The van der Waals surface area contributed by atoms with Crippen molar-refractivity contribution < 1.29 is 23.5 Å². The van der Waals surface area contributed by atoms with Gasteiger partial charge in [-0.1, -0.05) is 16.8 Å². The van der Waals surface area contributed by atoms with Crippen molar-refractivity contribution in [2.75, 3.05) is 14.2 Å². The first-order chi connectivity index (χ1) is 12.6. The molecule has 9 heteroatoms. The molecule has 0 radical (unpaired) electrons. The third-order valence-corrected chi connectivity index (χ3v) is 3.72. The Balaban J connectivity index is 1.73. The number of hydrogen-bond donors (Lipinski definition) is 0. The fourth-order valence-electron chi connectivity index (χ4n) is 2.15. The Morgan fingerprint density at radius 3 is 2.81 bits per heavy atom. The second-order valence-corrected chi connectivity index (χ2v) is 5.35. The normalized spacial score (nSPS) is 10.4. The average molecular weight is 376 g/mol. The Morgan fingerprint density at radius 1 is 1.23 bits per heavy atom. The van der Waals surface area contributed by atoms with Gasteiger partial charge in [-0.25, -0.2) is 9.78 Å². The Kier molecular flexibility index (Phi) is 5.33. The van der Waals surface area contributed by atoms with Crippen LogP contribution in [0.4, 0.5) is 0 Å². The molecule has 0 bridgehead atoms. The fraction of sp³-hybridized carbons (Fsp3) is 0.176. The second kappa shape index (κ2) is 7.83. The van der Waals surface area contributed by atoms with E-state index in [0.717, 1.165) is 0 Å². The first kappa shape index (κ1) is 17.7. The van der Waals surface area contributed by atoms with E-state index in [9.17, 15) is 4.79 Å². The largest absolute Gasteiger partial charge is 0.497 e. The molecule has 0 unspecified atom stereocenters. The molecule has 0 atom stereocenters. The summed E-state index contributed by atoms with van der Waals surface area (Å²) in [5.74, 6) is 0.957. The lowest BCUT2D eigenvalue weighted by molar-refractivity contribution is 0.0429. The number of carbonyl (C=O) groups excluding carboxylic acids is 1. The number of hydrogen-bond acceptors (Lipinski definition) is 8. The zero-order chi connectivity index (χ0) is 18.5. The molecule has 0 aliphatic heterocycles. The van der Waals surface area contributed by atoms with Crippen LogP contribution in [0.15, 0.2) is 41.1 Å². The fourth-order valence-corrected chi connectivity index (χ4v) is 2.35. The van der Waals surface area contributed by atoms with Crippen molar-refractivity contribution in [1.29, 1.82) is 0 Å². The summed E-state index contributed by atoms with van der Waals surface area (Å²) in [6.45, 7) is -0.199. The number of rotatable bonds is 6. The molecule has 3 rings (SSSR count). The number of carbonyl (C=O) groups is 1. The zero-order valence-corrected chi connectivity index (χ0v) is 14.7. The molecule has 0 N–H and O–H groups in total. The van der Waals surface area contributed by atoms with Crippen molar-refractivity contribution in [3.8, 4) is 22.9 Å². The molecule has 2 heterocycles. The Morgan fingerprint density at radius 2 is 2.08 bits per heavy atom. The average Bonchev–Trinajstić information content (AvgIpc) is 3.14. The van der Waals surface area contributed by atoms with E-state index in [2.05, 4.69) is 15.1 Å². The van der Waals surface area contributed by atoms with Gasteiger partial charge in [-0.3, -0.25) is 0 Å². The topological polar surface area (TPSA) is 96.6 Å². The van der Waals surface area contributed by atoms with E-state index in [0.29, 0.717) is 22.9 Å². The number of halogens is 1. The molecule has 134 valence electrons. The summed E-state index contributed by atoms with van der Waals surface area (Å²) in [4.78, 5) is 20.0. The first-order valence-corrected chi connectivity index (χ1v) is 7.82. The minimum absolute atomic E-state index is 0.0617. The molecule has 2 aromatic heterocycles. The van der Waals surface area contributed by atoms with Gasteiger partial charge in [0.05, 0.1) is 25.3 Å². The third-order valence-electron chi connectivity index (χ3n) is 3.42. The van der Waals surface area contributed by atoms with Crippen molar-refractivity contribution in [2.24, 2.45) is 0 Å². The summed E-state index contributed by atoms with van der Waals surface area (Å²) in [5.41, 5.74) is 0.774. The minimum Gasteiger partial charge on any atom is -0.497 e. The lowest BCUT2D eigenvalue weighted by Gasteiger charge is -2.07. The molecule has 26 heavy (non-hydrogen) atoms. The highest BCUT2D eigenvalue weighted by atomic mass is 35.5. The van der Waals surface area contributed by atoms with E-state index in [4.69, 9.17) is 30.3 Å². The van der Waals surface area contributed by atoms with Gasteiger partial charge in [0.25, 0.3) is 5.89 Å². The maximum absolute atomic E-state index is 12.0. The quantitative estimate of drug-likeness (QED) is 0.478. The van der Waals surface area contributed by atoms with Crippen molar-refractivity contribution in [1.82, 2.24) is 15.1 Å². The molecule has 0 amide bonds. The van der Waals surface area contributed by atoms with Gasteiger partial charge in [-0.2, -0.15) is 4.98 Å². The molecule has 0 fully saturated rings. The van der Waals surface area contributed by atoms with Gasteiger partial charge in [0.15, 0.2) is 6.61 Å². The van der Waals surface area contributed by atoms with Crippen molar-refractivity contribution in [2.45, 2.75) is 6.61 Å². The first-order valence-electron chi connectivity index (χ1n) is 7.45. The summed E-state index contributed by atoms with van der Waals surface area (Å²) in [6, 6.07) is 8.30. The smallest absolute Gasteiger partial charge is 0.341 e. The number of methoxy groups -OCH3 is 2. The molecular formula is C17H14ClN3O5. The predicted molar refractivity (Wildman–Crippen MR) is 91.2 cm³/mol. The lowest BCUT2D eigenvalue weighted by Crippen LogP contribution is -2.06. The number of esters is 1. The minimum atomic E-state index is -0.634. The molecular weight excluding hydrogens is 362 g/mol. The van der Waals surface area contributed by atoms with E-state index in [1.165, 1.54) is 19.4 Å². The van der Waals surface area contributed by atoms with Crippen LogP contribution in [-0.2, 0) is 11.3 Å². The van der Waals surface area contributed by atoms with Crippen LogP contribution in [0.25, 0.3) is 11.4 Å². The maximum atomic E-state index is 12.0. The predicted octanol–water partition coefficient (Wildman–Crippen LogP) is 3.16. The highest BCUT2D eigenvalue weighted by Crippen LogP contribution is 2.31. The van der Waals surface area contributed by atoms with E-state index >= 15 is 0 Å².